The molecule has 3 aromatic rings. The summed E-state index contributed by atoms with van der Waals surface area (Å²) in [6.45, 7) is 4.03. The zero-order valence-electron chi connectivity index (χ0n) is 13.1. The van der Waals surface area contributed by atoms with Crippen LogP contribution in [0.1, 0.15) is 5.56 Å². The van der Waals surface area contributed by atoms with Crippen LogP contribution in [0.4, 0.5) is 5.95 Å². The molecule has 2 aromatic heterocycles. The maximum atomic E-state index is 12.1. The summed E-state index contributed by atoms with van der Waals surface area (Å²) in [5.74, 6) is 0.351. The first-order chi connectivity index (χ1) is 11.6. The number of hydrogen-bond acceptors (Lipinski definition) is 5. The molecule has 0 amide bonds. The van der Waals surface area contributed by atoms with Crippen LogP contribution in [0, 0.1) is 0 Å². The highest BCUT2D eigenvalue weighted by atomic mass is 16.2. The molecule has 0 aliphatic heterocycles. The Morgan fingerprint density at radius 3 is 2.79 bits per heavy atom. The van der Waals surface area contributed by atoms with Crippen LogP contribution >= 0.6 is 0 Å². The largest absolute Gasteiger partial charge is 0.329 e. The van der Waals surface area contributed by atoms with Crippen molar-refractivity contribution >= 4 is 23.3 Å². The first-order valence-corrected chi connectivity index (χ1v) is 7.26. The van der Waals surface area contributed by atoms with Gasteiger partial charge in [-0.15, -0.1) is 6.58 Å². The number of allylic oxidation sites excluding steroid dienone is 1. The average Bonchev–Trinajstić information content (AvgIpc) is 2.93. The van der Waals surface area contributed by atoms with Crippen molar-refractivity contribution < 1.29 is 0 Å². The van der Waals surface area contributed by atoms with Crippen molar-refractivity contribution in [2.24, 2.45) is 12.1 Å². The van der Waals surface area contributed by atoms with Gasteiger partial charge in [-0.3, -0.25) is 18.9 Å². The zero-order chi connectivity index (χ0) is 17.1. The standard InChI is InChI=1S/C16H16N6O2/c1-3-9-22-12-13(21(2)16(24)19-14(12)23)18-15(22)20-17-10-11-7-5-4-6-8-11/h3-8,10H,1,9H2,2H3,(H,18,20)(H,19,23,24). The lowest BCUT2D eigenvalue weighted by Crippen LogP contribution is -2.29. The number of aromatic nitrogens is 4. The van der Waals surface area contributed by atoms with Gasteiger partial charge < -0.3 is 0 Å². The van der Waals surface area contributed by atoms with Gasteiger partial charge in [-0.05, 0) is 5.56 Å². The van der Waals surface area contributed by atoms with Crippen LogP contribution in [0.5, 0.6) is 0 Å². The second kappa shape index (κ2) is 6.37. The molecule has 0 saturated heterocycles. The number of H-pyrrole nitrogens is 1. The molecule has 0 aliphatic rings. The number of hydrogen-bond donors (Lipinski definition) is 2. The van der Waals surface area contributed by atoms with E-state index in [1.165, 1.54) is 4.57 Å². The Kier molecular flexibility index (Phi) is 4.11. The first-order valence-electron chi connectivity index (χ1n) is 7.26. The van der Waals surface area contributed by atoms with E-state index in [1.807, 2.05) is 30.3 Å². The monoisotopic (exact) mass is 324 g/mol. The molecule has 0 saturated carbocycles. The predicted octanol–water partition coefficient (Wildman–Crippen LogP) is 1.06. The van der Waals surface area contributed by atoms with Gasteiger partial charge in [0.1, 0.15) is 0 Å². The quantitative estimate of drug-likeness (QED) is 0.416. The van der Waals surface area contributed by atoms with Gasteiger partial charge in [0, 0.05) is 13.6 Å². The third-order valence-corrected chi connectivity index (χ3v) is 3.50. The van der Waals surface area contributed by atoms with Crippen molar-refractivity contribution in [1.29, 1.82) is 0 Å². The summed E-state index contributed by atoms with van der Waals surface area (Å²) < 4.78 is 2.89. The Morgan fingerprint density at radius 2 is 2.08 bits per heavy atom. The summed E-state index contributed by atoms with van der Waals surface area (Å²) in [5.41, 5.74) is 3.28. The lowest BCUT2D eigenvalue weighted by atomic mass is 10.2. The van der Waals surface area contributed by atoms with E-state index in [-0.39, 0.29) is 11.2 Å². The van der Waals surface area contributed by atoms with E-state index in [0.717, 1.165) is 5.56 Å². The van der Waals surface area contributed by atoms with Crippen molar-refractivity contribution in [3.63, 3.8) is 0 Å². The van der Waals surface area contributed by atoms with Crippen molar-refractivity contribution in [1.82, 2.24) is 19.1 Å². The summed E-state index contributed by atoms with van der Waals surface area (Å²) >= 11 is 0. The summed E-state index contributed by atoms with van der Waals surface area (Å²) in [6, 6.07) is 9.55. The van der Waals surface area contributed by atoms with E-state index in [4.69, 9.17) is 0 Å². The van der Waals surface area contributed by atoms with Crippen LogP contribution in [-0.2, 0) is 13.6 Å². The van der Waals surface area contributed by atoms with Gasteiger partial charge in [0.25, 0.3) is 5.56 Å². The predicted molar refractivity (Wildman–Crippen MR) is 93.5 cm³/mol. The number of fused-ring (bicyclic) bond motifs is 1. The fourth-order valence-corrected chi connectivity index (χ4v) is 2.33. The Morgan fingerprint density at radius 1 is 1.33 bits per heavy atom. The smallest absolute Gasteiger partial charge is 0.299 e. The average molecular weight is 324 g/mol. The van der Waals surface area contributed by atoms with E-state index in [2.05, 4.69) is 27.1 Å². The molecule has 2 heterocycles. The molecule has 0 bridgehead atoms. The fraction of sp³-hybridized carbons (Fsp3) is 0.125. The molecule has 0 aliphatic carbocycles. The second-order valence-corrected chi connectivity index (χ2v) is 5.11. The van der Waals surface area contributed by atoms with Gasteiger partial charge in [0.15, 0.2) is 11.2 Å². The molecular weight excluding hydrogens is 308 g/mol. The molecule has 0 radical (unpaired) electrons. The number of nitrogens with one attached hydrogen (secondary N) is 2. The number of anilines is 1. The molecule has 3 rings (SSSR count). The highest BCUT2D eigenvalue weighted by molar-refractivity contribution is 5.80. The third-order valence-electron chi connectivity index (χ3n) is 3.50. The minimum Gasteiger partial charge on any atom is -0.299 e. The third kappa shape index (κ3) is 2.76. The van der Waals surface area contributed by atoms with E-state index >= 15 is 0 Å². The SMILES string of the molecule is C=CCn1c(NN=Cc2ccccc2)nc2c1c(=O)[nH]c(=O)n2C. The Hall–Kier alpha value is -3.42. The number of hydrazone groups is 1. The molecule has 8 nitrogen and oxygen atoms in total. The molecule has 1 aromatic carbocycles. The Bertz CT molecular complexity index is 1030. The molecule has 8 heteroatoms. The topological polar surface area (TPSA) is 97.1 Å². The molecule has 24 heavy (non-hydrogen) atoms. The fourth-order valence-electron chi connectivity index (χ4n) is 2.33. The maximum Gasteiger partial charge on any atom is 0.329 e. The first kappa shape index (κ1) is 15.5. The van der Waals surface area contributed by atoms with Crippen LogP contribution in [0.2, 0.25) is 0 Å². The second-order valence-electron chi connectivity index (χ2n) is 5.11. The summed E-state index contributed by atoms with van der Waals surface area (Å²) in [6.07, 6.45) is 3.28. The molecule has 0 fully saturated rings. The van der Waals surface area contributed by atoms with Crippen LogP contribution in [0.25, 0.3) is 11.2 Å². The number of rotatable bonds is 5. The summed E-state index contributed by atoms with van der Waals surface area (Å²) in [5, 5.41) is 4.14. The van der Waals surface area contributed by atoms with Gasteiger partial charge in [-0.2, -0.15) is 10.1 Å². The van der Waals surface area contributed by atoms with Gasteiger partial charge in [-0.1, -0.05) is 36.4 Å². The zero-order valence-corrected chi connectivity index (χ0v) is 13.1. The van der Waals surface area contributed by atoms with Gasteiger partial charge in [0.2, 0.25) is 5.95 Å². The minimum absolute atomic E-state index is 0.281. The normalized spacial score (nSPS) is 11.2. The molecule has 0 atom stereocenters. The number of benzene rings is 1. The van der Waals surface area contributed by atoms with Crippen molar-refractivity contribution in [2.75, 3.05) is 5.43 Å². The van der Waals surface area contributed by atoms with E-state index < -0.39 is 11.2 Å². The lowest BCUT2D eigenvalue weighted by Gasteiger charge is -2.04. The summed E-state index contributed by atoms with van der Waals surface area (Å²) in [7, 11) is 1.54. The van der Waals surface area contributed by atoms with E-state index in [9.17, 15) is 9.59 Å². The molecule has 122 valence electrons. The molecular formula is C16H16N6O2. The minimum atomic E-state index is -0.518. The number of aromatic amines is 1. The number of imidazole rings is 1. The number of nitrogens with zero attached hydrogens (tertiary/aromatic N) is 4. The highest BCUT2D eigenvalue weighted by Crippen LogP contribution is 2.15. The van der Waals surface area contributed by atoms with Crippen LogP contribution in [0.15, 0.2) is 57.7 Å². The van der Waals surface area contributed by atoms with Gasteiger partial charge in [-0.25, -0.2) is 10.2 Å². The van der Waals surface area contributed by atoms with Gasteiger partial charge in [0.05, 0.1) is 6.21 Å². The van der Waals surface area contributed by atoms with Crippen LogP contribution < -0.4 is 16.7 Å². The highest BCUT2D eigenvalue weighted by Gasteiger charge is 2.16. The van der Waals surface area contributed by atoms with Crippen LogP contribution in [-0.4, -0.2) is 25.3 Å². The Labute approximate surface area is 136 Å². The van der Waals surface area contributed by atoms with Gasteiger partial charge >= 0.3 is 5.69 Å². The molecule has 2 N–H and O–H groups in total. The lowest BCUT2D eigenvalue weighted by molar-refractivity contribution is 0.819. The van der Waals surface area contributed by atoms with Crippen molar-refractivity contribution in [2.45, 2.75) is 6.54 Å². The van der Waals surface area contributed by atoms with Crippen molar-refractivity contribution in [3.8, 4) is 0 Å². The van der Waals surface area contributed by atoms with E-state index in [1.54, 1.807) is 23.9 Å². The molecule has 0 unspecified atom stereocenters. The molecule has 0 spiro atoms. The number of aryl methyl sites for hydroxylation is 1. The van der Waals surface area contributed by atoms with Crippen LogP contribution in [0.3, 0.4) is 0 Å². The van der Waals surface area contributed by atoms with E-state index in [0.29, 0.717) is 12.5 Å². The summed E-state index contributed by atoms with van der Waals surface area (Å²) in [4.78, 5) is 30.4. The Balaban J connectivity index is 2.05. The maximum absolute atomic E-state index is 12.1. The van der Waals surface area contributed by atoms with Crippen molar-refractivity contribution in [3.05, 3.63) is 69.4 Å².